The number of carbonyl (C=O) groups excluding carboxylic acids is 1. The van der Waals surface area contributed by atoms with Crippen molar-refractivity contribution >= 4 is 17.7 Å². The van der Waals surface area contributed by atoms with E-state index in [0.29, 0.717) is 31.0 Å². The fraction of sp³-hybridized carbons (Fsp3) is 0.533. The Hall–Kier alpha value is -1.26. The molecule has 112 valence electrons. The van der Waals surface area contributed by atoms with Crippen molar-refractivity contribution in [3.8, 4) is 0 Å². The third-order valence-corrected chi connectivity index (χ3v) is 3.11. The first-order chi connectivity index (χ1) is 9.61. The van der Waals surface area contributed by atoms with E-state index < -0.39 is 12.2 Å². The van der Waals surface area contributed by atoms with Crippen molar-refractivity contribution in [2.24, 2.45) is 0 Å². The van der Waals surface area contributed by atoms with Crippen molar-refractivity contribution in [3.63, 3.8) is 0 Å². The standard InChI is InChI=1S/C15H22ClNO3/c1-2-3-10-20-15(19)17-9-8-14(18)11-12-4-6-13(16)7-5-12/h4-7,14,18H,2-3,8-11H2,1H3,(H,17,19). The highest BCUT2D eigenvalue weighted by Gasteiger charge is 2.07. The van der Waals surface area contributed by atoms with E-state index in [1.165, 1.54) is 0 Å². The SMILES string of the molecule is CCCCOC(=O)NCCC(O)Cc1ccc(Cl)cc1. The number of aliphatic hydroxyl groups excluding tert-OH is 1. The summed E-state index contributed by atoms with van der Waals surface area (Å²) >= 11 is 5.79. The Kier molecular flexibility index (Phi) is 8.07. The monoisotopic (exact) mass is 299 g/mol. The van der Waals surface area contributed by atoms with E-state index in [0.717, 1.165) is 18.4 Å². The number of aliphatic hydroxyl groups is 1. The highest BCUT2D eigenvalue weighted by atomic mass is 35.5. The molecule has 2 N–H and O–H groups in total. The minimum Gasteiger partial charge on any atom is -0.450 e. The maximum absolute atomic E-state index is 11.3. The molecule has 1 aromatic carbocycles. The van der Waals surface area contributed by atoms with Gasteiger partial charge < -0.3 is 15.2 Å². The average molecular weight is 300 g/mol. The van der Waals surface area contributed by atoms with E-state index in [4.69, 9.17) is 16.3 Å². The lowest BCUT2D eigenvalue weighted by Gasteiger charge is -2.11. The van der Waals surface area contributed by atoms with Gasteiger partial charge in [-0.15, -0.1) is 0 Å². The van der Waals surface area contributed by atoms with E-state index in [-0.39, 0.29) is 0 Å². The maximum atomic E-state index is 11.3. The molecule has 0 aliphatic carbocycles. The van der Waals surface area contributed by atoms with Gasteiger partial charge in [-0.2, -0.15) is 0 Å². The molecule has 0 spiro atoms. The highest BCUT2D eigenvalue weighted by Crippen LogP contribution is 2.11. The second-order valence-corrected chi connectivity index (χ2v) is 5.13. The fourth-order valence-electron chi connectivity index (χ4n) is 1.70. The van der Waals surface area contributed by atoms with Crippen LogP contribution in [0.3, 0.4) is 0 Å². The Balaban J connectivity index is 2.15. The van der Waals surface area contributed by atoms with E-state index >= 15 is 0 Å². The summed E-state index contributed by atoms with van der Waals surface area (Å²) in [5.74, 6) is 0. The quantitative estimate of drug-likeness (QED) is 0.725. The molecule has 0 bridgehead atoms. The second kappa shape index (κ2) is 9.61. The van der Waals surface area contributed by atoms with Crippen LogP contribution in [0, 0.1) is 0 Å². The summed E-state index contributed by atoms with van der Waals surface area (Å²) in [7, 11) is 0. The molecule has 0 aromatic heterocycles. The Morgan fingerprint density at radius 2 is 2.10 bits per heavy atom. The topological polar surface area (TPSA) is 58.6 Å². The summed E-state index contributed by atoms with van der Waals surface area (Å²) < 4.78 is 4.95. The van der Waals surface area contributed by atoms with Crippen molar-refractivity contribution in [1.82, 2.24) is 5.32 Å². The molecule has 5 heteroatoms. The van der Waals surface area contributed by atoms with Gasteiger partial charge in [0.25, 0.3) is 0 Å². The molecule has 0 saturated heterocycles. The van der Waals surface area contributed by atoms with Crippen LogP contribution in [0.15, 0.2) is 24.3 Å². The van der Waals surface area contributed by atoms with Gasteiger partial charge in [0.2, 0.25) is 0 Å². The van der Waals surface area contributed by atoms with Gasteiger partial charge in [-0.05, 0) is 37.0 Å². The molecular weight excluding hydrogens is 278 g/mol. The Bertz CT molecular complexity index is 395. The minimum absolute atomic E-state index is 0.402. The molecule has 1 unspecified atom stereocenters. The first-order valence-corrected chi connectivity index (χ1v) is 7.32. The van der Waals surface area contributed by atoms with Crippen molar-refractivity contribution in [3.05, 3.63) is 34.9 Å². The van der Waals surface area contributed by atoms with Gasteiger partial charge in [-0.25, -0.2) is 4.79 Å². The van der Waals surface area contributed by atoms with Crippen LogP contribution in [-0.2, 0) is 11.2 Å². The average Bonchev–Trinajstić information content (AvgIpc) is 2.42. The second-order valence-electron chi connectivity index (χ2n) is 4.69. The molecule has 0 heterocycles. The summed E-state index contributed by atoms with van der Waals surface area (Å²) in [4.78, 5) is 11.3. The number of unbranched alkanes of at least 4 members (excludes halogenated alkanes) is 1. The molecule has 0 radical (unpaired) electrons. The number of ether oxygens (including phenoxy) is 1. The summed E-state index contributed by atoms with van der Waals surface area (Å²) in [5.41, 5.74) is 1.02. The van der Waals surface area contributed by atoms with Crippen LogP contribution in [0.2, 0.25) is 5.02 Å². The summed E-state index contributed by atoms with van der Waals surface area (Å²) in [6.07, 6.45) is 1.99. The number of hydrogen-bond acceptors (Lipinski definition) is 3. The van der Waals surface area contributed by atoms with E-state index in [2.05, 4.69) is 5.32 Å². The van der Waals surface area contributed by atoms with Crippen LogP contribution in [0.4, 0.5) is 4.79 Å². The highest BCUT2D eigenvalue weighted by molar-refractivity contribution is 6.30. The predicted molar refractivity (Wildman–Crippen MR) is 80.0 cm³/mol. The lowest BCUT2D eigenvalue weighted by Crippen LogP contribution is -2.28. The first kappa shape index (κ1) is 16.8. The van der Waals surface area contributed by atoms with Gasteiger partial charge in [-0.3, -0.25) is 0 Å². The third-order valence-electron chi connectivity index (χ3n) is 2.86. The Morgan fingerprint density at radius 1 is 1.40 bits per heavy atom. The number of carbonyl (C=O) groups is 1. The van der Waals surface area contributed by atoms with Gasteiger partial charge in [-0.1, -0.05) is 37.1 Å². The zero-order valence-corrected chi connectivity index (χ0v) is 12.5. The number of benzene rings is 1. The van der Waals surface area contributed by atoms with Crippen molar-refractivity contribution < 1.29 is 14.6 Å². The van der Waals surface area contributed by atoms with Crippen LogP contribution in [0.1, 0.15) is 31.7 Å². The van der Waals surface area contributed by atoms with Gasteiger partial charge in [0.1, 0.15) is 0 Å². The van der Waals surface area contributed by atoms with Gasteiger partial charge >= 0.3 is 6.09 Å². The van der Waals surface area contributed by atoms with E-state index in [1.54, 1.807) is 12.1 Å². The Labute approximate surface area is 125 Å². The van der Waals surface area contributed by atoms with Crippen LogP contribution in [-0.4, -0.2) is 30.5 Å². The lowest BCUT2D eigenvalue weighted by atomic mass is 10.1. The van der Waals surface area contributed by atoms with Crippen molar-refractivity contribution in [2.45, 2.75) is 38.7 Å². The normalized spacial score (nSPS) is 11.9. The number of hydrogen-bond donors (Lipinski definition) is 2. The predicted octanol–water partition coefficient (Wildman–Crippen LogP) is 3.16. The largest absolute Gasteiger partial charge is 0.450 e. The van der Waals surface area contributed by atoms with Crippen molar-refractivity contribution in [1.29, 1.82) is 0 Å². The fourth-order valence-corrected chi connectivity index (χ4v) is 1.82. The zero-order chi connectivity index (χ0) is 14.8. The van der Waals surface area contributed by atoms with Gasteiger partial charge in [0.05, 0.1) is 12.7 Å². The molecule has 1 atom stereocenters. The minimum atomic E-state index is -0.493. The molecule has 0 aliphatic heterocycles. The number of halogens is 1. The van der Waals surface area contributed by atoms with Crippen LogP contribution in [0.25, 0.3) is 0 Å². The lowest BCUT2D eigenvalue weighted by molar-refractivity contribution is 0.137. The number of nitrogens with one attached hydrogen (secondary N) is 1. The van der Waals surface area contributed by atoms with Crippen molar-refractivity contribution in [2.75, 3.05) is 13.2 Å². The molecule has 1 rings (SSSR count). The molecule has 1 amide bonds. The summed E-state index contributed by atoms with van der Waals surface area (Å²) in [6.45, 7) is 2.88. The van der Waals surface area contributed by atoms with E-state index in [9.17, 15) is 9.90 Å². The molecule has 20 heavy (non-hydrogen) atoms. The third kappa shape index (κ3) is 7.36. The molecule has 1 aromatic rings. The maximum Gasteiger partial charge on any atom is 0.407 e. The summed E-state index contributed by atoms with van der Waals surface area (Å²) in [5, 5.41) is 13.2. The van der Waals surface area contributed by atoms with E-state index in [1.807, 2.05) is 19.1 Å². The smallest absolute Gasteiger partial charge is 0.407 e. The van der Waals surface area contributed by atoms with Gasteiger partial charge in [0, 0.05) is 11.6 Å². The summed E-state index contributed by atoms with van der Waals surface area (Å²) in [6, 6.07) is 7.37. The number of rotatable bonds is 8. The Morgan fingerprint density at radius 3 is 2.75 bits per heavy atom. The molecule has 0 fully saturated rings. The van der Waals surface area contributed by atoms with Crippen LogP contribution >= 0.6 is 11.6 Å². The number of amides is 1. The van der Waals surface area contributed by atoms with Crippen LogP contribution < -0.4 is 5.32 Å². The molecule has 0 saturated carbocycles. The number of alkyl carbamates (subject to hydrolysis) is 1. The molecular formula is C15H22ClNO3. The zero-order valence-electron chi connectivity index (χ0n) is 11.8. The van der Waals surface area contributed by atoms with Gasteiger partial charge in [0.15, 0.2) is 0 Å². The van der Waals surface area contributed by atoms with Crippen LogP contribution in [0.5, 0.6) is 0 Å². The molecule has 0 aliphatic rings. The first-order valence-electron chi connectivity index (χ1n) is 6.95. The molecule has 4 nitrogen and oxygen atoms in total.